The van der Waals surface area contributed by atoms with Crippen molar-refractivity contribution in [3.05, 3.63) is 60.2 Å². The number of para-hydroxylation sites is 1. The Hall–Kier alpha value is -2.87. The summed E-state index contributed by atoms with van der Waals surface area (Å²) in [4.78, 5) is 23.8. The van der Waals surface area contributed by atoms with E-state index in [1.165, 1.54) is 24.3 Å². The Kier molecular flexibility index (Phi) is 7.57. The first-order valence-electron chi connectivity index (χ1n) is 8.96. The number of carbonyl (C=O) groups is 2. The summed E-state index contributed by atoms with van der Waals surface area (Å²) in [6.07, 6.45) is 1.78. The Morgan fingerprint density at radius 2 is 1.68 bits per heavy atom. The molecule has 0 saturated heterocycles. The van der Waals surface area contributed by atoms with Gasteiger partial charge in [-0.2, -0.15) is 0 Å². The maximum Gasteiger partial charge on any atom is 0.338 e. The van der Waals surface area contributed by atoms with Crippen molar-refractivity contribution in [3.8, 4) is 0 Å². The molecule has 0 aliphatic carbocycles. The van der Waals surface area contributed by atoms with Gasteiger partial charge in [-0.15, -0.1) is 0 Å². The van der Waals surface area contributed by atoms with E-state index in [9.17, 15) is 18.0 Å². The molecule has 8 heteroatoms. The number of hydrogen-bond acceptors (Lipinski definition) is 5. The minimum atomic E-state index is -3.77. The Labute approximate surface area is 165 Å². The minimum absolute atomic E-state index is 0.0119. The molecule has 0 fully saturated rings. The quantitative estimate of drug-likeness (QED) is 0.626. The van der Waals surface area contributed by atoms with Gasteiger partial charge in [0, 0.05) is 11.7 Å². The lowest BCUT2D eigenvalue weighted by molar-refractivity contribution is -0.124. The van der Waals surface area contributed by atoms with Crippen LogP contribution < -0.4 is 10.0 Å². The molecule has 0 aliphatic rings. The van der Waals surface area contributed by atoms with Crippen LogP contribution in [0.2, 0.25) is 0 Å². The van der Waals surface area contributed by atoms with Crippen molar-refractivity contribution in [2.24, 2.45) is 0 Å². The van der Waals surface area contributed by atoms with Crippen LogP contribution in [0, 0.1) is 0 Å². The Balaban J connectivity index is 1.94. The number of benzene rings is 2. The van der Waals surface area contributed by atoms with E-state index < -0.39 is 16.0 Å². The van der Waals surface area contributed by atoms with Gasteiger partial charge in [-0.05, 0) is 49.7 Å². The topological polar surface area (TPSA) is 102 Å². The van der Waals surface area contributed by atoms with E-state index in [0.29, 0.717) is 5.69 Å². The lowest BCUT2D eigenvalue weighted by Crippen LogP contribution is -2.35. The summed E-state index contributed by atoms with van der Waals surface area (Å²) < 4.78 is 32.2. The number of sulfonamides is 1. The number of esters is 1. The smallest absolute Gasteiger partial charge is 0.338 e. The van der Waals surface area contributed by atoms with Crippen molar-refractivity contribution in [2.75, 3.05) is 11.3 Å². The van der Waals surface area contributed by atoms with Gasteiger partial charge in [-0.3, -0.25) is 9.52 Å². The lowest BCUT2D eigenvalue weighted by Gasteiger charge is -2.12. The third kappa shape index (κ3) is 6.38. The van der Waals surface area contributed by atoms with Crippen molar-refractivity contribution >= 4 is 27.6 Å². The Bertz CT molecular complexity index is 896. The van der Waals surface area contributed by atoms with E-state index in [2.05, 4.69) is 10.0 Å². The van der Waals surface area contributed by atoms with Gasteiger partial charge in [0.15, 0.2) is 6.61 Å². The summed E-state index contributed by atoms with van der Waals surface area (Å²) in [7, 11) is -3.77. The van der Waals surface area contributed by atoms with Crippen molar-refractivity contribution in [1.82, 2.24) is 5.32 Å². The van der Waals surface area contributed by atoms with Gasteiger partial charge in [0.1, 0.15) is 0 Å². The van der Waals surface area contributed by atoms with Crippen LogP contribution in [0.3, 0.4) is 0 Å². The molecule has 0 unspecified atom stereocenters. The van der Waals surface area contributed by atoms with E-state index in [1.807, 2.05) is 13.8 Å². The van der Waals surface area contributed by atoms with Crippen molar-refractivity contribution in [2.45, 2.75) is 37.6 Å². The number of amides is 1. The maximum absolute atomic E-state index is 12.4. The van der Waals surface area contributed by atoms with Gasteiger partial charge in [0.25, 0.3) is 15.9 Å². The molecule has 2 aromatic carbocycles. The molecule has 28 heavy (non-hydrogen) atoms. The first-order chi connectivity index (χ1) is 13.3. The van der Waals surface area contributed by atoms with Gasteiger partial charge in [-0.1, -0.05) is 31.5 Å². The van der Waals surface area contributed by atoms with Crippen LogP contribution >= 0.6 is 0 Å². The average molecular weight is 404 g/mol. The number of hydrogen-bond donors (Lipinski definition) is 2. The monoisotopic (exact) mass is 404 g/mol. The normalized spacial score (nSPS) is 12.1. The molecule has 2 N–H and O–H groups in total. The average Bonchev–Trinajstić information content (AvgIpc) is 2.67. The molecule has 0 aromatic heterocycles. The molecule has 7 nitrogen and oxygen atoms in total. The molecule has 150 valence electrons. The van der Waals surface area contributed by atoms with Crippen LogP contribution in [0.5, 0.6) is 0 Å². The Morgan fingerprint density at radius 1 is 1.04 bits per heavy atom. The second-order valence-electron chi connectivity index (χ2n) is 6.33. The molecule has 2 rings (SSSR count). The molecule has 0 bridgehead atoms. The number of nitrogens with one attached hydrogen (secondary N) is 2. The number of ether oxygens (including phenoxy) is 1. The number of rotatable bonds is 9. The fourth-order valence-electron chi connectivity index (χ4n) is 2.53. The second-order valence-corrected chi connectivity index (χ2v) is 8.01. The zero-order chi connectivity index (χ0) is 20.6. The third-order valence-electron chi connectivity index (χ3n) is 3.89. The highest BCUT2D eigenvalue weighted by Gasteiger charge is 2.16. The van der Waals surface area contributed by atoms with Crippen molar-refractivity contribution in [1.29, 1.82) is 0 Å². The molecule has 0 radical (unpaired) electrons. The third-order valence-corrected chi connectivity index (χ3v) is 5.29. The molecule has 0 saturated carbocycles. The van der Waals surface area contributed by atoms with E-state index >= 15 is 0 Å². The van der Waals surface area contributed by atoms with E-state index in [-0.39, 0.29) is 29.0 Å². The van der Waals surface area contributed by atoms with Crippen LogP contribution in [0.25, 0.3) is 0 Å². The number of anilines is 1. The highest BCUT2D eigenvalue weighted by Crippen LogP contribution is 2.16. The molecule has 0 aliphatic heterocycles. The van der Waals surface area contributed by atoms with Crippen molar-refractivity contribution in [3.63, 3.8) is 0 Å². The zero-order valence-electron chi connectivity index (χ0n) is 15.8. The SMILES string of the molecule is CCC[C@@H](C)NC(=O)COC(=O)c1ccc(S(=O)(=O)Nc2ccccc2)cc1. The molecular formula is C20H24N2O5S. The van der Waals surface area contributed by atoms with E-state index in [4.69, 9.17) is 4.74 Å². The first kappa shape index (κ1) is 21.4. The summed E-state index contributed by atoms with van der Waals surface area (Å²) in [5.41, 5.74) is 0.599. The van der Waals surface area contributed by atoms with Gasteiger partial charge >= 0.3 is 5.97 Å². The van der Waals surface area contributed by atoms with Crippen LogP contribution in [-0.4, -0.2) is 32.9 Å². The zero-order valence-corrected chi connectivity index (χ0v) is 16.7. The fourth-order valence-corrected chi connectivity index (χ4v) is 3.59. The van der Waals surface area contributed by atoms with Crippen LogP contribution in [0.4, 0.5) is 5.69 Å². The molecule has 1 amide bonds. The Morgan fingerprint density at radius 3 is 2.29 bits per heavy atom. The molecule has 2 aromatic rings. The van der Waals surface area contributed by atoms with E-state index in [1.54, 1.807) is 30.3 Å². The molecule has 1 atom stereocenters. The van der Waals surface area contributed by atoms with Gasteiger partial charge in [0.05, 0.1) is 10.5 Å². The van der Waals surface area contributed by atoms with E-state index in [0.717, 1.165) is 12.8 Å². The molecular weight excluding hydrogens is 380 g/mol. The summed E-state index contributed by atoms with van der Waals surface area (Å²) in [5.74, 6) is -1.07. The minimum Gasteiger partial charge on any atom is -0.452 e. The fraction of sp³-hybridized carbons (Fsp3) is 0.300. The standard InChI is InChI=1S/C20H24N2O5S/c1-3-7-15(2)21-19(23)14-27-20(24)16-10-12-18(13-11-16)28(25,26)22-17-8-5-4-6-9-17/h4-6,8-13,15,22H,3,7,14H2,1-2H3,(H,21,23)/t15-/m1/s1. The predicted octanol–water partition coefficient (Wildman–Crippen LogP) is 2.95. The summed E-state index contributed by atoms with van der Waals surface area (Å²) in [6, 6.07) is 13.8. The van der Waals surface area contributed by atoms with Gasteiger partial charge in [-0.25, -0.2) is 13.2 Å². The van der Waals surface area contributed by atoms with Crippen LogP contribution in [0.15, 0.2) is 59.5 Å². The summed E-state index contributed by atoms with van der Waals surface area (Å²) >= 11 is 0. The largest absolute Gasteiger partial charge is 0.452 e. The second kappa shape index (κ2) is 9.89. The lowest BCUT2D eigenvalue weighted by atomic mass is 10.2. The summed E-state index contributed by atoms with van der Waals surface area (Å²) in [6.45, 7) is 3.51. The highest BCUT2D eigenvalue weighted by molar-refractivity contribution is 7.92. The number of carbonyl (C=O) groups excluding carboxylic acids is 2. The first-order valence-corrected chi connectivity index (χ1v) is 10.4. The predicted molar refractivity (Wildman–Crippen MR) is 106 cm³/mol. The molecule has 0 spiro atoms. The van der Waals surface area contributed by atoms with Gasteiger partial charge < -0.3 is 10.1 Å². The summed E-state index contributed by atoms with van der Waals surface area (Å²) in [5, 5.41) is 2.74. The van der Waals surface area contributed by atoms with Crippen LogP contribution in [0.1, 0.15) is 37.0 Å². The highest BCUT2D eigenvalue weighted by atomic mass is 32.2. The van der Waals surface area contributed by atoms with Crippen LogP contribution in [-0.2, 0) is 19.6 Å². The van der Waals surface area contributed by atoms with Crippen molar-refractivity contribution < 1.29 is 22.7 Å². The maximum atomic E-state index is 12.4. The van der Waals surface area contributed by atoms with Gasteiger partial charge in [0.2, 0.25) is 0 Å². The molecule has 0 heterocycles.